The predicted molar refractivity (Wildman–Crippen MR) is 151 cm³/mol. The minimum Gasteiger partial charge on any atom is -0.311 e. The molecule has 0 fully saturated rings. The van der Waals surface area contributed by atoms with Crippen LogP contribution in [0.4, 0.5) is 11.4 Å². The van der Waals surface area contributed by atoms with Gasteiger partial charge in [-0.2, -0.15) is 0 Å². The number of halogens is 1. The highest BCUT2D eigenvalue weighted by Crippen LogP contribution is 2.43. The summed E-state index contributed by atoms with van der Waals surface area (Å²) in [5.41, 5.74) is 6.90. The number of thiophene rings is 2. The number of allylic oxidation sites excluding steroid dienone is 4. The van der Waals surface area contributed by atoms with E-state index >= 15 is 0 Å². The maximum absolute atomic E-state index is 4.07. The molecule has 0 saturated carbocycles. The number of anilines is 2. The Morgan fingerprint density at radius 2 is 1.61 bits per heavy atom. The SMILES string of the molecule is C=CC(=CC=CC)N(c1ccccc1)c1ccc(-n2c3cc(C)sc3c3sc(Br)cc32)cc1. The van der Waals surface area contributed by atoms with Gasteiger partial charge >= 0.3 is 0 Å². The van der Waals surface area contributed by atoms with Crippen LogP contribution in [-0.4, -0.2) is 4.57 Å². The van der Waals surface area contributed by atoms with Crippen molar-refractivity contribution in [2.75, 3.05) is 4.90 Å². The number of aromatic nitrogens is 1. The van der Waals surface area contributed by atoms with E-state index in [1.165, 1.54) is 25.3 Å². The number of hydrogen-bond acceptors (Lipinski definition) is 3. The van der Waals surface area contributed by atoms with Crippen LogP contribution >= 0.6 is 38.6 Å². The fraction of sp³-hybridized carbons (Fsp3) is 0.0714. The molecule has 3 aromatic heterocycles. The Morgan fingerprint density at radius 3 is 2.30 bits per heavy atom. The summed E-state index contributed by atoms with van der Waals surface area (Å²) in [5.74, 6) is 0. The largest absolute Gasteiger partial charge is 0.311 e. The van der Waals surface area contributed by atoms with Crippen molar-refractivity contribution in [3.8, 4) is 5.69 Å². The molecule has 3 heterocycles. The van der Waals surface area contributed by atoms with E-state index in [1.807, 2.05) is 42.6 Å². The molecule has 0 saturated heterocycles. The van der Waals surface area contributed by atoms with Crippen molar-refractivity contribution in [1.82, 2.24) is 4.57 Å². The number of rotatable bonds is 6. The number of para-hydroxylation sites is 1. The van der Waals surface area contributed by atoms with E-state index < -0.39 is 0 Å². The lowest BCUT2D eigenvalue weighted by Gasteiger charge is -2.26. The molecule has 5 rings (SSSR count). The van der Waals surface area contributed by atoms with Crippen molar-refractivity contribution < 1.29 is 0 Å². The molecule has 2 aromatic carbocycles. The van der Waals surface area contributed by atoms with Crippen molar-refractivity contribution in [1.29, 1.82) is 0 Å². The van der Waals surface area contributed by atoms with Crippen LogP contribution in [0.2, 0.25) is 0 Å². The fourth-order valence-corrected chi connectivity index (χ4v) is 6.84. The Morgan fingerprint density at radius 1 is 0.939 bits per heavy atom. The standard InChI is InChI=1S/C28H23BrN2S2/c1-4-6-10-20(5-2)30(21-11-8-7-9-12-21)22-13-15-23(16-14-22)31-24-17-19(3)32-27(24)28-25(31)18-26(29)33-28/h4-18H,2H2,1,3H3. The van der Waals surface area contributed by atoms with Gasteiger partial charge in [0.1, 0.15) is 0 Å². The summed E-state index contributed by atoms with van der Waals surface area (Å²) >= 11 is 7.36. The van der Waals surface area contributed by atoms with E-state index in [0.717, 1.165) is 26.5 Å². The molecule has 0 aliphatic heterocycles. The average molecular weight is 532 g/mol. The Kier molecular flexibility index (Phi) is 6.11. The molecule has 5 aromatic rings. The topological polar surface area (TPSA) is 8.17 Å². The molecule has 0 atom stereocenters. The highest BCUT2D eigenvalue weighted by Gasteiger charge is 2.18. The van der Waals surface area contributed by atoms with Crippen LogP contribution in [0.25, 0.3) is 26.1 Å². The van der Waals surface area contributed by atoms with E-state index in [1.54, 1.807) is 11.3 Å². The van der Waals surface area contributed by atoms with Gasteiger partial charge in [-0.3, -0.25) is 0 Å². The number of hydrogen-bond donors (Lipinski definition) is 0. The minimum absolute atomic E-state index is 1.02. The lowest BCUT2D eigenvalue weighted by atomic mass is 10.2. The van der Waals surface area contributed by atoms with Crippen molar-refractivity contribution in [3.63, 3.8) is 0 Å². The molecule has 33 heavy (non-hydrogen) atoms. The molecule has 164 valence electrons. The molecule has 0 spiro atoms. The van der Waals surface area contributed by atoms with E-state index in [4.69, 9.17) is 0 Å². The van der Waals surface area contributed by atoms with Gasteiger partial charge < -0.3 is 9.47 Å². The van der Waals surface area contributed by atoms with Crippen molar-refractivity contribution in [2.45, 2.75) is 13.8 Å². The Labute approximate surface area is 210 Å². The van der Waals surface area contributed by atoms with Gasteiger partial charge in [0.25, 0.3) is 0 Å². The first kappa shape index (κ1) is 22.0. The van der Waals surface area contributed by atoms with Crippen LogP contribution in [-0.2, 0) is 0 Å². The zero-order valence-electron chi connectivity index (χ0n) is 18.5. The summed E-state index contributed by atoms with van der Waals surface area (Å²) in [6.07, 6.45) is 8.06. The van der Waals surface area contributed by atoms with Gasteiger partial charge in [-0.1, -0.05) is 36.9 Å². The van der Waals surface area contributed by atoms with Crippen LogP contribution < -0.4 is 4.90 Å². The minimum atomic E-state index is 1.02. The third-order valence-electron chi connectivity index (χ3n) is 5.51. The summed E-state index contributed by atoms with van der Waals surface area (Å²) in [7, 11) is 0. The molecule has 0 amide bonds. The van der Waals surface area contributed by atoms with Crippen LogP contribution in [0.5, 0.6) is 0 Å². The molecule has 0 N–H and O–H groups in total. The van der Waals surface area contributed by atoms with E-state index in [9.17, 15) is 0 Å². The summed E-state index contributed by atoms with van der Waals surface area (Å²) in [6, 6.07) is 23.7. The van der Waals surface area contributed by atoms with Crippen molar-refractivity contribution >= 4 is 70.4 Å². The first-order valence-corrected chi connectivity index (χ1v) is 13.1. The van der Waals surface area contributed by atoms with Gasteiger partial charge in [-0.15, -0.1) is 22.7 Å². The zero-order valence-corrected chi connectivity index (χ0v) is 21.7. The van der Waals surface area contributed by atoms with E-state index in [-0.39, 0.29) is 0 Å². The van der Waals surface area contributed by atoms with E-state index in [0.29, 0.717) is 0 Å². The van der Waals surface area contributed by atoms with E-state index in [2.05, 4.69) is 106 Å². The van der Waals surface area contributed by atoms with Crippen LogP contribution in [0, 0.1) is 6.92 Å². The molecule has 0 unspecified atom stereocenters. The Hall–Kier alpha value is -2.86. The molecule has 5 heteroatoms. The number of nitrogens with zero attached hydrogens (tertiary/aromatic N) is 2. The third kappa shape index (κ3) is 4.01. The molecule has 0 bridgehead atoms. The maximum atomic E-state index is 4.07. The van der Waals surface area contributed by atoms with Gasteiger partial charge in [0.05, 0.1) is 24.2 Å². The average Bonchev–Trinajstić information content (AvgIpc) is 3.46. The van der Waals surface area contributed by atoms with Crippen molar-refractivity contribution in [3.05, 3.63) is 112 Å². The Bertz CT molecular complexity index is 1440. The van der Waals surface area contributed by atoms with Crippen LogP contribution in [0.15, 0.2) is 107 Å². The lowest BCUT2D eigenvalue weighted by molar-refractivity contribution is 1.16. The van der Waals surface area contributed by atoms with Gasteiger partial charge in [0.2, 0.25) is 0 Å². The summed E-state index contributed by atoms with van der Waals surface area (Å²) in [4.78, 5) is 3.56. The van der Waals surface area contributed by atoms with Crippen LogP contribution in [0.3, 0.4) is 0 Å². The molecule has 2 nitrogen and oxygen atoms in total. The van der Waals surface area contributed by atoms with Gasteiger partial charge in [-0.05, 0) is 90.5 Å². The molecular weight excluding hydrogens is 508 g/mol. The monoisotopic (exact) mass is 530 g/mol. The second-order valence-corrected chi connectivity index (χ2v) is 11.4. The predicted octanol–water partition coefficient (Wildman–Crippen LogP) is 9.76. The first-order valence-electron chi connectivity index (χ1n) is 10.7. The van der Waals surface area contributed by atoms with Crippen molar-refractivity contribution in [2.24, 2.45) is 0 Å². The summed E-state index contributed by atoms with van der Waals surface area (Å²) in [6.45, 7) is 8.27. The third-order valence-corrected chi connectivity index (χ3v) is 8.34. The van der Waals surface area contributed by atoms with Crippen LogP contribution in [0.1, 0.15) is 11.8 Å². The van der Waals surface area contributed by atoms with Gasteiger partial charge in [0.15, 0.2) is 0 Å². The smallest absolute Gasteiger partial charge is 0.0727 e. The Balaban J connectivity index is 1.64. The quantitative estimate of drug-likeness (QED) is 0.198. The number of benzene rings is 2. The maximum Gasteiger partial charge on any atom is 0.0727 e. The number of aryl methyl sites for hydroxylation is 1. The molecule has 0 aliphatic rings. The first-order chi connectivity index (χ1) is 16.1. The second kappa shape index (κ2) is 9.18. The summed E-state index contributed by atoms with van der Waals surface area (Å²) in [5, 5.41) is 0. The van der Waals surface area contributed by atoms with Gasteiger partial charge in [0, 0.05) is 27.6 Å². The lowest BCUT2D eigenvalue weighted by Crippen LogP contribution is -2.15. The number of fused-ring (bicyclic) bond motifs is 3. The zero-order chi connectivity index (χ0) is 22.9. The second-order valence-electron chi connectivity index (χ2n) is 7.68. The molecule has 0 radical (unpaired) electrons. The van der Waals surface area contributed by atoms with Gasteiger partial charge in [-0.25, -0.2) is 0 Å². The fourth-order valence-electron chi connectivity index (χ4n) is 4.12. The normalized spacial score (nSPS) is 12.3. The highest BCUT2D eigenvalue weighted by atomic mass is 79.9. The molecular formula is C28H23BrN2S2. The highest BCUT2D eigenvalue weighted by molar-refractivity contribution is 9.11. The molecule has 0 aliphatic carbocycles. The summed E-state index contributed by atoms with van der Waals surface area (Å²) < 4.78 is 6.23.